The first-order valence-electron chi connectivity index (χ1n) is 21.6. The van der Waals surface area contributed by atoms with Gasteiger partial charge in [-0.15, -0.1) is 0 Å². The second-order valence-corrected chi connectivity index (χ2v) is 16.4. The van der Waals surface area contributed by atoms with E-state index in [1.54, 1.807) is 12.1 Å². The zero-order valence-corrected chi connectivity index (χ0v) is 37.2. The summed E-state index contributed by atoms with van der Waals surface area (Å²) in [7, 11) is 0. The van der Waals surface area contributed by atoms with Crippen LogP contribution in [0.1, 0.15) is 74.9 Å². The zero-order valence-electron chi connectivity index (χ0n) is 37.2. The molecule has 0 bridgehead atoms. The molecule has 0 aliphatic rings. The zero-order chi connectivity index (χ0) is 47.2. The number of nitrogens with two attached hydrogens (primary N) is 1. The summed E-state index contributed by atoms with van der Waals surface area (Å²) in [6, 6.07) is 31.0. The van der Waals surface area contributed by atoms with E-state index >= 15 is 0 Å². The van der Waals surface area contributed by atoms with Crippen molar-refractivity contribution in [3.63, 3.8) is 0 Å². The summed E-state index contributed by atoms with van der Waals surface area (Å²) >= 11 is 0. The Morgan fingerprint density at radius 2 is 1.32 bits per heavy atom. The molecule has 13 nitrogen and oxygen atoms in total. The summed E-state index contributed by atoms with van der Waals surface area (Å²) in [5.74, 6) is -3.29. The van der Waals surface area contributed by atoms with Crippen molar-refractivity contribution >= 4 is 23.8 Å². The number of amides is 2. The lowest BCUT2D eigenvalue weighted by molar-refractivity contribution is -0.150. The van der Waals surface area contributed by atoms with E-state index in [0.717, 1.165) is 34.5 Å². The van der Waals surface area contributed by atoms with Crippen molar-refractivity contribution in [3.8, 4) is 11.1 Å². The molecule has 7 N–H and O–H groups in total. The topological polar surface area (TPSA) is 194 Å². The number of esters is 2. The largest absolute Gasteiger partial charge is 0.461 e. The molecular weight excluding hydrogens is 837 g/mol. The van der Waals surface area contributed by atoms with Gasteiger partial charge in [0.15, 0.2) is 0 Å². The van der Waals surface area contributed by atoms with Crippen molar-refractivity contribution in [1.29, 1.82) is 0 Å². The average Bonchev–Trinajstić information content (AvgIpc) is 3.71. The molecule has 0 unspecified atom stereocenters. The van der Waals surface area contributed by atoms with Crippen LogP contribution in [-0.4, -0.2) is 76.9 Å². The van der Waals surface area contributed by atoms with E-state index in [2.05, 4.69) is 36.7 Å². The summed E-state index contributed by atoms with van der Waals surface area (Å²) in [5.41, 5.74) is 10.1. The molecule has 0 saturated carbocycles. The molecule has 0 aliphatic carbocycles. The van der Waals surface area contributed by atoms with Crippen molar-refractivity contribution in [2.75, 3.05) is 26.3 Å². The third kappa shape index (κ3) is 17.7. The summed E-state index contributed by atoms with van der Waals surface area (Å²) in [4.78, 5) is 51.7. The van der Waals surface area contributed by atoms with Crippen LogP contribution in [0.3, 0.4) is 0 Å². The van der Waals surface area contributed by atoms with Gasteiger partial charge in [-0.2, -0.15) is 0 Å². The molecule has 0 radical (unpaired) electrons. The van der Waals surface area contributed by atoms with Crippen LogP contribution < -0.4 is 21.7 Å². The Hall–Kier alpha value is -6.26. The highest BCUT2D eigenvalue weighted by Gasteiger charge is 2.30. The van der Waals surface area contributed by atoms with Gasteiger partial charge in [0, 0.05) is 48.9 Å². The molecule has 1 aromatic heterocycles. The van der Waals surface area contributed by atoms with E-state index < -0.39 is 47.5 Å². The maximum absolute atomic E-state index is 15.0. The molecule has 0 aliphatic heterocycles. The quantitative estimate of drug-likeness (QED) is 0.0442. The molecule has 65 heavy (non-hydrogen) atoms. The number of aliphatic hydroxyl groups is 2. The standard InChI is InChI=1S/C48H55F2N5O6.C2H6O2/c1-48(2,3)45(42-27-36(38-28-37(49)19-20-39(38)50)30-55(42)29-33-13-7-4-8-14-33)52-25-23-40(51)46(58)53-26-24-43(56)54-41(47(59)61-32-35-17-11-6-12-18-35)21-22-44(57)60-31-34-15-9-5-10-16-34;3-1-2-4/h4-20,27-28,30,40-41,45,52H,21-26,29,31-32,51H2,1-3H3,(H,53,58)(H,54,56);3-4H,1-2H2/t40-,41-,45-;/m0./s1. The number of aliphatic hydroxyl groups excluding tert-OH is 2. The van der Waals surface area contributed by atoms with Gasteiger partial charge in [-0.05, 0) is 65.8 Å². The third-order valence-corrected chi connectivity index (χ3v) is 10.1. The van der Waals surface area contributed by atoms with Gasteiger partial charge in [0.25, 0.3) is 0 Å². The lowest BCUT2D eigenvalue weighted by Gasteiger charge is -2.33. The third-order valence-electron chi connectivity index (χ3n) is 10.1. The van der Waals surface area contributed by atoms with Crippen LogP contribution in [-0.2, 0) is 48.4 Å². The Balaban J connectivity index is 0.00000222. The van der Waals surface area contributed by atoms with E-state index in [-0.39, 0.29) is 75.7 Å². The highest BCUT2D eigenvalue weighted by atomic mass is 19.1. The van der Waals surface area contributed by atoms with Crippen LogP contribution in [0.15, 0.2) is 121 Å². The molecular formula is C50H61F2N5O8. The minimum Gasteiger partial charge on any atom is -0.461 e. The highest BCUT2D eigenvalue weighted by molar-refractivity contribution is 5.86. The summed E-state index contributed by atoms with van der Waals surface area (Å²) in [6.45, 7) is 6.80. The number of halogens is 2. The Labute approximate surface area is 379 Å². The molecule has 5 aromatic rings. The molecule has 5 rings (SSSR count). The van der Waals surface area contributed by atoms with Crippen molar-refractivity contribution in [2.24, 2.45) is 11.1 Å². The van der Waals surface area contributed by atoms with Gasteiger partial charge in [0.1, 0.15) is 30.9 Å². The number of aromatic nitrogens is 1. The van der Waals surface area contributed by atoms with Crippen LogP contribution in [0.4, 0.5) is 8.78 Å². The second kappa shape index (κ2) is 26.5. The Kier molecular flexibility index (Phi) is 21.0. The molecule has 0 fully saturated rings. The average molecular weight is 898 g/mol. The molecule has 1 heterocycles. The maximum atomic E-state index is 15.0. The SMILES string of the molecule is CC(C)(C)[C@@H](NCC[C@H](N)C(=O)NCCC(=O)N[C@@H](CCC(=O)OCc1ccccc1)C(=O)OCc1ccccc1)c1cc(-c2cc(F)ccc2F)cn1Cc1ccccc1.OCCO. The van der Waals surface area contributed by atoms with Gasteiger partial charge < -0.3 is 45.9 Å². The minimum atomic E-state index is -1.13. The molecule has 4 aromatic carbocycles. The van der Waals surface area contributed by atoms with Crippen molar-refractivity contribution in [3.05, 3.63) is 155 Å². The van der Waals surface area contributed by atoms with E-state index in [9.17, 15) is 28.0 Å². The molecule has 348 valence electrons. The second-order valence-electron chi connectivity index (χ2n) is 16.4. The Bertz CT molecular complexity index is 2230. The number of rotatable bonds is 22. The fraction of sp³-hybridized carbons (Fsp3) is 0.360. The number of nitrogens with one attached hydrogen (secondary N) is 3. The van der Waals surface area contributed by atoms with Crippen LogP contribution in [0.2, 0.25) is 0 Å². The number of nitrogens with zero attached hydrogens (tertiary/aromatic N) is 1. The number of carbonyl (C=O) groups excluding carboxylic acids is 4. The molecule has 2 amide bonds. The fourth-order valence-corrected chi connectivity index (χ4v) is 6.77. The van der Waals surface area contributed by atoms with E-state index in [1.807, 2.05) is 95.7 Å². The van der Waals surface area contributed by atoms with Gasteiger partial charge >= 0.3 is 11.9 Å². The first kappa shape index (κ1) is 51.4. The summed E-state index contributed by atoms with van der Waals surface area (Å²) in [6.07, 6.45) is 1.74. The van der Waals surface area contributed by atoms with Crippen molar-refractivity contribution in [1.82, 2.24) is 20.5 Å². The molecule has 3 atom stereocenters. The van der Waals surface area contributed by atoms with E-state index in [4.69, 9.17) is 25.4 Å². The number of hydrogen-bond acceptors (Lipinski definition) is 10. The fourth-order valence-electron chi connectivity index (χ4n) is 6.77. The predicted molar refractivity (Wildman–Crippen MR) is 244 cm³/mol. The summed E-state index contributed by atoms with van der Waals surface area (Å²) in [5, 5.41) is 24.1. The lowest BCUT2D eigenvalue weighted by Crippen LogP contribution is -2.46. The maximum Gasteiger partial charge on any atom is 0.328 e. The van der Waals surface area contributed by atoms with Crippen LogP contribution in [0, 0.1) is 17.0 Å². The predicted octanol–water partition coefficient (Wildman–Crippen LogP) is 6.10. The first-order valence-corrected chi connectivity index (χ1v) is 21.6. The number of hydrogen-bond donors (Lipinski definition) is 6. The number of carbonyl (C=O) groups is 4. The molecule has 15 heteroatoms. The van der Waals surface area contributed by atoms with Gasteiger partial charge in [-0.3, -0.25) is 14.4 Å². The van der Waals surface area contributed by atoms with E-state index in [1.165, 1.54) is 6.07 Å². The minimum absolute atomic E-state index is 0.0137. The van der Waals surface area contributed by atoms with E-state index in [0.29, 0.717) is 18.7 Å². The number of ether oxygens (including phenoxy) is 2. The van der Waals surface area contributed by atoms with Crippen molar-refractivity contribution < 1.29 is 47.6 Å². The van der Waals surface area contributed by atoms with Gasteiger partial charge in [-0.1, -0.05) is 112 Å². The summed E-state index contributed by atoms with van der Waals surface area (Å²) < 4.78 is 42.0. The number of benzene rings is 4. The smallest absolute Gasteiger partial charge is 0.328 e. The molecule has 0 spiro atoms. The highest BCUT2D eigenvalue weighted by Crippen LogP contribution is 2.37. The van der Waals surface area contributed by atoms with Gasteiger partial charge in [0.2, 0.25) is 11.8 Å². The van der Waals surface area contributed by atoms with Gasteiger partial charge in [-0.25, -0.2) is 13.6 Å². The van der Waals surface area contributed by atoms with Crippen LogP contribution >= 0.6 is 0 Å². The first-order chi connectivity index (χ1) is 31.2. The lowest BCUT2D eigenvalue weighted by atomic mass is 9.84. The van der Waals surface area contributed by atoms with Crippen LogP contribution in [0.5, 0.6) is 0 Å². The monoisotopic (exact) mass is 897 g/mol. The van der Waals surface area contributed by atoms with Crippen molar-refractivity contribution in [2.45, 2.75) is 84.3 Å². The van der Waals surface area contributed by atoms with Crippen LogP contribution in [0.25, 0.3) is 11.1 Å². The molecule has 0 saturated heterocycles. The Morgan fingerprint density at radius 3 is 1.91 bits per heavy atom. The van der Waals surface area contributed by atoms with Gasteiger partial charge in [0.05, 0.1) is 25.3 Å². The normalized spacial score (nSPS) is 12.5. The Morgan fingerprint density at radius 1 is 0.738 bits per heavy atom.